The molecule has 1 aromatic rings. The van der Waals surface area contributed by atoms with Crippen molar-refractivity contribution in [3.8, 4) is 0 Å². The predicted octanol–water partition coefficient (Wildman–Crippen LogP) is 1.78. The van der Waals surface area contributed by atoms with E-state index in [0.29, 0.717) is 12.0 Å². The van der Waals surface area contributed by atoms with Gasteiger partial charge in [-0.2, -0.15) is 0 Å². The van der Waals surface area contributed by atoms with Gasteiger partial charge in [-0.1, -0.05) is 19.4 Å². The highest BCUT2D eigenvalue weighted by Gasteiger charge is 2.26. The molecule has 0 amide bonds. The number of carboxylic acid groups (broad SMARTS) is 1. The molecule has 0 spiro atoms. The Morgan fingerprint density at radius 2 is 2.11 bits per heavy atom. The van der Waals surface area contributed by atoms with Crippen LogP contribution < -0.4 is 4.72 Å². The van der Waals surface area contributed by atoms with Gasteiger partial charge < -0.3 is 5.11 Å². The molecule has 1 aliphatic carbocycles. The Morgan fingerprint density at radius 1 is 1.42 bits per heavy atom. The molecule has 1 saturated carbocycles. The Morgan fingerprint density at radius 3 is 2.58 bits per heavy atom. The third kappa shape index (κ3) is 2.96. The van der Waals surface area contributed by atoms with E-state index in [9.17, 15) is 13.2 Å². The van der Waals surface area contributed by atoms with Crippen molar-refractivity contribution in [3.05, 3.63) is 29.3 Å². The number of hydrogen-bond donors (Lipinski definition) is 2. The van der Waals surface area contributed by atoms with Gasteiger partial charge in [0.05, 0.1) is 10.5 Å². The molecule has 0 aliphatic heterocycles. The van der Waals surface area contributed by atoms with E-state index in [-0.39, 0.29) is 16.5 Å². The number of hydrogen-bond acceptors (Lipinski definition) is 3. The molecule has 19 heavy (non-hydrogen) atoms. The minimum absolute atomic E-state index is 0.00816. The average molecular weight is 283 g/mol. The lowest BCUT2D eigenvalue weighted by atomic mass is 9.94. The lowest BCUT2D eigenvalue weighted by molar-refractivity contribution is 0.0696. The number of rotatable bonds is 5. The van der Waals surface area contributed by atoms with E-state index in [1.54, 1.807) is 6.07 Å². The first-order chi connectivity index (χ1) is 8.94. The summed E-state index contributed by atoms with van der Waals surface area (Å²) in [5, 5.41) is 8.96. The van der Waals surface area contributed by atoms with E-state index >= 15 is 0 Å². The van der Waals surface area contributed by atoms with Crippen molar-refractivity contribution in [2.45, 2.75) is 43.5 Å². The second kappa shape index (κ2) is 5.30. The first-order valence-electron chi connectivity index (χ1n) is 6.32. The van der Waals surface area contributed by atoms with Crippen LogP contribution in [0.15, 0.2) is 23.1 Å². The van der Waals surface area contributed by atoms with Crippen LogP contribution in [-0.4, -0.2) is 25.5 Å². The summed E-state index contributed by atoms with van der Waals surface area (Å²) in [6, 6.07) is 4.23. The number of sulfonamides is 1. The maximum atomic E-state index is 12.3. The minimum atomic E-state index is -3.63. The molecule has 2 N–H and O–H groups in total. The van der Waals surface area contributed by atoms with Crippen LogP contribution in [0.1, 0.15) is 42.1 Å². The fraction of sp³-hybridized carbons (Fsp3) is 0.462. The molecule has 6 heteroatoms. The fourth-order valence-electron chi connectivity index (χ4n) is 2.04. The van der Waals surface area contributed by atoms with Crippen molar-refractivity contribution >= 4 is 16.0 Å². The van der Waals surface area contributed by atoms with Crippen LogP contribution in [-0.2, 0) is 16.4 Å². The molecule has 0 radical (unpaired) electrons. The molecule has 0 atom stereocenters. The first kappa shape index (κ1) is 14.0. The number of benzene rings is 1. The monoisotopic (exact) mass is 283 g/mol. The van der Waals surface area contributed by atoms with Crippen LogP contribution in [0.2, 0.25) is 0 Å². The van der Waals surface area contributed by atoms with Crippen molar-refractivity contribution in [1.29, 1.82) is 0 Å². The van der Waals surface area contributed by atoms with Gasteiger partial charge in [0.25, 0.3) is 0 Å². The van der Waals surface area contributed by atoms with Gasteiger partial charge in [0.1, 0.15) is 0 Å². The molecule has 0 saturated heterocycles. The van der Waals surface area contributed by atoms with Crippen molar-refractivity contribution < 1.29 is 18.3 Å². The number of carboxylic acids is 1. The zero-order valence-corrected chi connectivity index (χ0v) is 11.5. The van der Waals surface area contributed by atoms with Gasteiger partial charge in [0.15, 0.2) is 0 Å². The second-order valence-electron chi connectivity index (χ2n) is 4.73. The van der Waals surface area contributed by atoms with Gasteiger partial charge in [-0.3, -0.25) is 0 Å². The highest BCUT2D eigenvalue weighted by atomic mass is 32.2. The predicted molar refractivity (Wildman–Crippen MR) is 70.7 cm³/mol. The number of aryl methyl sites for hydroxylation is 1. The summed E-state index contributed by atoms with van der Waals surface area (Å²) in [7, 11) is -3.63. The smallest absolute Gasteiger partial charge is 0.335 e. The third-order valence-corrected chi connectivity index (χ3v) is 5.01. The van der Waals surface area contributed by atoms with Gasteiger partial charge in [0, 0.05) is 6.04 Å². The summed E-state index contributed by atoms with van der Waals surface area (Å²) < 4.78 is 27.2. The molecule has 0 unspecified atom stereocenters. The fourth-order valence-corrected chi connectivity index (χ4v) is 3.68. The number of aromatic carboxylic acids is 1. The molecule has 1 fully saturated rings. The van der Waals surface area contributed by atoms with Crippen LogP contribution in [0.3, 0.4) is 0 Å². The summed E-state index contributed by atoms with van der Waals surface area (Å²) in [6.45, 7) is 1.85. The largest absolute Gasteiger partial charge is 0.478 e. The maximum absolute atomic E-state index is 12.3. The average Bonchev–Trinajstić information content (AvgIpc) is 2.33. The second-order valence-corrected chi connectivity index (χ2v) is 6.41. The van der Waals surface area contributed by atoms with Crippen LogP contribution >= 0.6 is 0 Å². The molecular weight excluding hydrogens is 266 g/mol. The summed E-state index contributed by atoms with van der Waals surface area (Å²) in [6.07, 6.45) is 3.27. The lowest BCUT2D eigenvalue weighted by Gasteiger charge is -2.26. The third-order valence-electron chi connectivity index (χ3n) is 3.41. The number of nitrogens with one attached hydrogen (secondary N) is 1. The number of carbonyl (C=O) groups is 1. The normalized spacial score (nSPS) is 16.1. The topological polar surface area (TPSA) is 83.5 Å². The zero-order valence-electron chi connectivity index (χ0n) is 10.7. The van der Waals surface area contributed by atoms with E-state index in [4.69, 9.17) is 5.11 Å². The van der Waals surface area contributed by atoms with Crippen molar-refractivity contribution in [1.82, 2.24) is 4.72 Å². The Kier molecular flexibility index (Phi) is 3.91. The molecule has 1 aromatic carbocycles. The first-order valence-corrected chi connectivity index (χ1v) is 7.81. The van der Waals surface area contributed by atoms with E-state index in [1.165, 1.54) is 12.1 Å². The molecule has 1 aliphatic rings. The van der Waals surface area contributed by atoms with Crippen molar-refractivity contribution in [2.24, 2.45) is 0 Å². The quantitative estimate of drug-likeness (QED) is 0.862. The van der Waals surface area contributed by atoms with Crippen molar-refractivity contribution in [2.75, 3.05) is 0 Å². The molecule has 0 aromatic heterocycles. The summed E-state index contributed by atoms with van der Waals surface area (Å²) >= 11 is 0. The van der Waals surface area contributed by atoms with E-state index in [1.807, 2.05) is 6.92 Å². The molecule has 2 rings (SSSR count). The Hall–Kier alpha value is -1.40. The van der Waals surface area contributed by atoms with Gasteiger partial charge in [-0.25, -0.2) is 17.9 Å². The Balaban J connectivity index is 2.39. The molecular formula is C13H17NO4S. The molecule has 5 nitrogen and oxygen atoms in total. The van der Waals surface area contributed by atoms with Crippen molar-refractivity contribution in [3.63, 3.8) is 0 Å². The van der Waals surface area contributed by atoms with Crippen LogP contribution in [0, 0.1) is 0 Å². The van der Waals surface area contributed by atoms with Crippen LogP contribution in [0.4, 0.5) is 0 Å². The summed E-state index contributed by atoms with van der Waals surface area (Å²) in [5.41, 5.74) is 0.628. The summed E-state index contributed by atoms with van der Waals surface area (Å²) in [5.74, 6) is -1.12. The Bertz CT molecular complexity index is 591. The van der Waals surface area contributed by atoms with Crippen LogP contribution in [0.5, 0.6) is 0 Å². The van der Waals surface area contributed by atoms with Gasteiger partial charge in [-0.05, 0) is 37.0 Å². The summed E-state index contributed by atoms with van der Waals surface area (Å²) in [4.78, 5) is 11.0. The standard InChI is InChI=1S/C13H17NO4S/c1-2-9-6-7-10(13(15)16)8-12(9)19(17,18)14-11-4-3-5-11/h6-8,11,14H,2-5H2,1H3,(H,15,16). The SMILES string of the molecule is CCc1ccc(C(=O)O)cc1S(=O)(=O)NC1CCC1. The molecule has 0 bridgehead atoms. The van der Waals surface area contributed by atoms with Gasteiger partial charge >= 0.3 is 5.97 Å². The van der Waals surface area contributed by atoms with Gasteiger partial charge in [0.2, 0.25) is 10.0 Å². The molecule has 104 valence electrons. The molecule has 0 heterocycles. The van der Waals surface area contributed by atoms with E-state index in [0.717, 1.165) is 19.3 Å². The van der Waals surface area contributed by atoms with E-state index < -0.39 is 16.0 Å². The highest BCUT2D eigenvalue weighted by Crippen LogP contribution is 2.23. The Labute approximate surface area is 112 Å². The zero-order chi connectivity index (χ0) is 14.0. The lowest BCUT2D eigenvalue weighted by Crippen LogP contribution is -2.39. The minimum Gasteiger partial charge on any atom is -0.478 e. The van der Waals surface area contributed by atoms with Crippen LogP contribution in [0.25, 0.3) is 0 Å². The highest BCUT2D eigenvalue weighted by molar-refractivity contribution is 7.89. The maximum Gasteiger partial charge on any atom is 0.335 e. The van der Waals surface area contributed by atoms with Gasteiger partial charge in [-0.15, -0.1) is 0 Å². The van der Waals surface area contributed by atoms with E-state index in [2.05, 4.69) is 4.72 Å².